The Morgan fingerprint density at radius 3 is 2.08 bits per heavy atom. The molecule has 3 atom stereocenters. The summed E-state index contributed by atoms with van der Waals surface area (Å²) in [5.74, 6) is 0.0959. The van der Waals surface area contributed by atoms with Gasteiger partial charge in [-0.05, 0) is 32.6 Å². The summed E-state index contributed by atoms with van der Waals surface area (Å²) in [5.41, 5.74) is 0.0896. The largest absolute Gasteiger partial charge is 0.465 e. The minimum absolute atomic E-state index is 0.0145. The lowest BCUT2D eigenvalue weighted by Crippen LogP contribution is -2.28. The highest BCUT2D eigenvalue weighted by molar-refractivity contribution is 5.72. The maximum absolute atomic E-state index is 12.1. The number of hydrogen-bond acceptors (Lipinski definition) is 3. The van der Waals surface area contributed by atoms with E-state index < -0.39 is 0 Å². The summed E-state index contributed by atoms with van der Waals surface area (Å²) in [4.78, 5) is 12.1. The fourth-order valence-electron chi connectivity index (χ4n) is 4.09. The average Bonchev–Trinajstić information content (AvgIpc) is 3.29. The number of rotatable bonds is 14. The number of epoxide rings is 1. The van der Waals surface area contributed by atoms with E-state index in [1.165, 1.54) is 70.6 Å². The second-order valence-electron chi connectivity index (χ2n) is 8.45. The number of esters is 1. The molecule has 2 aliphatic rings. The zero-order valence-electron chi connectivity index (χ0n) is 16.7. The Kier molecular flexibility index (Phi) is 9.30. The van der Waals surface area contributed by atoms with E-state index in [2.05, 4.69) is 13.8 Å². The van der Waals surface area contributed by atoms with Gasteiger partial charge in [-0.2, -0.15) is 0 Å². The highest BCUT2D eigenvalue weighted by atomic mass is 16.6. The predicted molar refractivity (Wildman–Crippen MR) is 103 cm³/mol. The number of carbonyl (C=O) groups is 1. The van der Waals surface area contributed by atoms with Crippen LogP contribution < -0.4 is 0 Å². The topological polar surface area (TPSA) is 38.8 Å². The van der Waals surface area contributed by atoms with E-state index in [1.807, 2.05) is 0 Å². The van der Waals surface area contributed by atoms with Gasteiger partial charge in [-0.3, -0.25) is 4.79 Å². The van der Waals surface area contributed by atoms with Crippen molar-refractivity contribution in [3.8, 4) is 0 Å². The average molecular weight is 353 g/mol. The first-order valence-corrected chi connectivity index (χ1v) is 11.0. The van der Waals surface area contributed by atoms with Crippen LogP contribution in [0.5, 0.6) is 0 Å². The SMILES string of the molecule is CCCCCCCCCCCCCCOC(=O)C1CCC2(C)OC2C1. The van der Waals surface area contributed by atoms with Crippen molar-refractivity contribution in [3.63, 3.8) is 0 Å². The van der Waals surface area contributed by atoms with Gasteiger partial charge >= 0.3 is 5.97 Å². The second-order valence-corrected chi connectivity index (χ2v) is 8.45. The highest BCUT2D eigenvalue weighted by Crippen LogP contribution is 2.49. The van der Waals surface area contributed by atoms with Gasteiger partial charge in [-0.25, -0.2) is 0 Å². The summed E-state index contributed by atoms with van der Waals surface area (Å²) in [5, 5.41) is 0. The molecule has 146 valence electrons. The van der Waals surface area contributed by atoms with E-state index in [0.717, 1.165) is 25.7 Å². The molecular formula is C22H40O3. The number of carbonyl (C=O) groups excluding carboxylic acids is 1. The molecule has 1 saturated carbocycles. The molecule has 0 spiro atoms. The quantitative estimate of drug-likeness (QED) is 0.212. The van der Waals surface area contributed by atoms with Crippen molar-refractivity contribution in [3.05, 3.63) is 0 Å². The molecule has 3 nitrogen and oxygen atoms in total. The van der Waals surface area contributed by atoms with Crippen molar-refractivity contribution in [1.29, 1.82) is 0 Å². The number of hydrogen-bond donors (Lipinski definition) is 0. The van der Waals surface area contributed by atoms with Crippen LogP contribution in [-0.2, 0) is 14.3 Å². The molecule has 1 aliphatic carbocycles. The van der Waals surface area contributed by atoms with Crippen molar-refractivity contribution < 1.29 is 14.3 Å². The van der Waals surface area contributed by atoms with Gasteiger partial charge in [0.25, 0.3) is 0 Å². The molecule has 2 rings (SSSR count). The van der Waals surface area contributed by atoms with E-state index in [0.29, 0.717) is 12.7 Å². The molecule has 3 heteroatoms. The predicted octanol–water partition coefficient (Wildman–Crippen LogP) is 6.19. The molecule has 1 heterocycles. The lowest BCUT2D eigenvalue weighted by molar-refractivity contribution is -0.149. The Bertz CT molecular complexity index is 381. The van der Waals surface area contributed by atoms with Crippen LogP contribution in [0.15, 0.2) is 0 Å². The van der Waals surface area contributed by atoms with E-state index in [1.54, 1.807) is 0 Å². The molecule has 1 aliphatic heterocycles. The standard InChI is InChI=1S/C22H40O3/c1-3-4-5-6-7-8-9-10-11-12-13-14-17-24-21(23)19-15-16-22(2)20(18-19)25-22/h19-20H,3-18H2,1-2H3. The summed E-state index contributed by atoms with van der Waals surface area (Å²) in [7, 11) is 0. The highest BCUT2D eigenvalue weighted by Gasteiger charge is 2.56. The molecule has 25 heavy (non-hydrogen) atoms. The maximum atomic E-state index is 12.1. The summed E-state index contributed by atoms with van der Waals surface area (Å²) >= 11 is 0. The van der Waals surface area contributed by atoms with Crippen LogP contribution in [0.1, 0.15) is 110 Å². The van der Waals surface area contributed by atoms with E-state index in [9.17, 15) is 4.79 Å². The Labute approximate surface area is 155 Å². The molecule has 0 aromatic heterocycles. The van der Waals surface area contributed by atoms with Gasteiger partial charge in [0.1, 0.15) is 0 Å². The zero-order chi connectivity index (χ0) is 18.0. The van der Waals surface area contributed by atoms with E-state index >= 15 is 0 Å². The minimum atomic E-state index is 0.0145. The summed E-state index contributed by atoms with van der Waals surface area (Å²) < 4.78 is 11.1. The van der Waals surface area contributed by atoms with Gasteiger partial charge in [0.2, 0.25) is 0 Å². The van der Waals surface area contributed by atoms with Gasteiger partial charge in [-0.1, -0.05) is 77.6 Å². The van der Waals surface area contributed by atoms with E-state index in [-0.39, 0.29) is 17.5 Å². The molecule has 1 saturated heterocycles. The smallest absolute Gasteiger partial charge is 0.309 e. The summed E-state index contributed by atoms with van der Waals surface area (Å²) in [6.07, 6.45) is 19.1. The third-order valence-electron chi connectivity index (χ3n) is 6.10. The van der Waals surface area contributed by atoms with Crippen molar-refractivity contribution in [2.45, 2.75) is 122 Å². The first kappa shape index (κ1) is 20.7. The van der Waals surface area contributed by atoms with Gasteiger partial charge < -0.3 is 9.47 Å². The number of ether oxygens (including phenoxy) is 2. The molecule has 3 unspecified atom stereocenters. The molecule has 0 amide bonds. The fraction of sp³-hybridized carbons (Fsp3) is 0.955. The zero-order valence-corrected chi connectivity index (χ0v) is 16.7. The lowest BCUT2D eigenvalue weighted by Gasteiger charge is -2.20. The van der Waals surface area contributed by atoms with Crippen LogP contribution in [0.2, 0.25) is 0 Å². The van der Waals surface area contributed by atoms with Crippen molar-refractivity contribution >= 4 is 5.97 Å². The molecular weight excluding hydrogens is 312 g/mol. The third-order valence-corrected chi connectivity index (χ3v) is 6.10. The third kappa shape index (κ3) is 7.68. The molecule has 2 fully saturated rings. The van der Waals surface area contributed by atoms with Gasteiger partial charge in [0.15, 0.2) is 0 Å². The second kappa shape index (κ2) is 11.2. The van der Waals surface area contributed by atoms with Crippen LogP contribution in [0.3, 0.4) is 0 Å². The Morgan fingerprint density at radius 1 is 0.960 bits per heavy atom. The molecule has 0 N–H and O–H groups in total. The molecule has 0 bridgehead atoms. The Hall–Kier alpha value is -0.570. The number of unbranched alkanes of at least 4 members (excludes halogenated alkanes) is 11. The lowest BCUT2D eigenvalue weighted by atomic mass is 9.83. The maximum Gasteiger partial charge on any atom is 0.309 e. The van der Waals surface area contributed by atoms with Crippen LogP contribution in [-0.4, -0.2) is 24.3 Å². The van der Waals surface area contributed by atoms with E-state index in [4.69, 9.17) is 9.47 Å². The van der Waals surface area contributed by atoms with Crippen molar-refractivity contribution in [2.75, 3.05) is 6.61 Å². The molecule has 0 radical (unpaired) electrons. The first-order valence-electron chi connectivity index (χ1n) is 11.0. The fourth-order valence-corrected chi connectivity index (χ4v) is 4.09. The Balaban J connectivity index is 1.32. The summed E-state index contributed by atoms with van der Waals surface area (Å²) in [6, 6.07) is 0. The van der Waals surface area contributed by atoms with Crippen LogP contribution in [0.25, 0.3) is 0 Å². The van der Waals surface area contributed by atoms with Crippen LogP contribution in [0.4, 0.5) is 0 Å². The van der Waals surface area contributed by atoms with Crippen molar-refractivity contribution in [1.82, 2.24) is 0 Å². The molecule has 0 aromatic carbocycles. The monoisotopic (exact) mass is 352 g/mol. The van der Waals surface area contributed by atoms with Crippen LogP contribution in [0, 0.1) is 5.92 Å². The van der Waals surface area contributed by atoms with Crippen molar-refractivity contribution in [2.24, 2.45) is 5.92 Å². The van der Waals surface area contributed by atoms with Crippen LogP contribution >= 0.6 is 0 Å². The summed E-state index contributed by atoms with van der Waals surface area (Å²) in [6.45, 7) is 5.04. The Morgan fingerprint density at radius 2 is 1.52 bits per heavy atom. The number of fused-ring (bicyclic) bond motifs is 1. The van der Waals surface area contributed by atoms with Gasteiger partial charge in [0, 0.05) is 0 Å². The minimum Gasteiger partial charge on any atom is -0.465 e. The normalized spacial score (nSPS) is 27.8. The first-order chi connectivity index (χ1) is 12.2. The van der Waals surface area contributed by atoms with Gasteiger partial charge in [0.05, 0.1) is 24.2 Å². The van der Waals surface area contributed by atoms with Gasteiger partial charge in [-0.15, -0.1) is 0 Å². The molecule has 0 aromatic rings.